The molecule has 6 aromatic rings. The highest BCUT2D eigenvalue weighted by Gasteiger charge is 2.24. The van der Waals surface area contributed by atoms with Crippen molar-refractivity contribution in [3.8, 4) is 22.3 Å². The highest BCUT2D eigenvalue weighted by Crippen LogP contribution is 2.39. The number of hydrogen-bond acceptors (Lipinski definition) is 2. The van der Waals surface area contributed by atoms with Crippen LogP contribution in [0.2, 0.25) is 0 Å². The topological polar surface area (TPSA) is 39.1 Å². The van der Waals surface area contributed by atoms with Crippen molar-refractivity contribution in [3.63, 3.8) is 0 Å². The maximum atomic E-state index is 14.6. The lowest BCUT2D eigenvalue weighted by Gasteiger charge is -2.11. The SMILES string of the molecule is O=CC(=O)c1c(-c2ccc3ccccc3c2)c(-c2ccc3ccccc3c2)cn1Cc1ccccc1F. The van der Waals surface area contributed by atoms with E-state index in [-0.39, 0.29) is 18.1 Å². The van der Waals surface area contributed by atoms with E-state index in [1.807, 2.05) is 85.1 Å². The van der Waals surface area contributed by atoms with Gasteiger partial charge in [-0.2, -0.15) is 0 Å². The van der Waals surface area contributed by atoms with Gasteiger partial charge < -0.3 is 4.57 Å². The Bertz CT molecular complexity index is 1810. The molecule has 0 N–H and O–H groups in total. The zero-order valence-corrected chi connectivity index (χ0v) is 19.9. The minimum Gasteiger partial charge on any atom is -0.339 e. The van der Waals surface area contributed by atoms with E-state index < -0.39 is 5.78 Å². The number of aromatic nitrogens is 1. The highest BCUT2D eigenvalue weighted by molar-refractivity contribution is 6.35. The van der Waals surface area contributed by atoms with Crippen molar-refractivity contribution >= 4 is 33.6 Å². The van der Waals surface area contributed by atoms with Gasteiger partial charge in [0.1, 0.15) is 11.5 Å². The molecule has 0 radical (unpaired) electrons. The van der Waals surface area contributed by atoms with Crippen LogP contribution in [0.15, 0.2) is 115 Å². The smallest absolute Gasteiger partial charge is 0.242 e. The van der Waals surface area contributed by atoms with Gasteiger partial charge in [0, 0.05) is 22.9 Å². The first kappa shape index (κ1) is 22.6. The predicted octanol–water partition coefficient (Wildman–Crippen LogP) is 7.70. The molecule has 0 amide bonds. The predicted molar refractivity (Wildman–Crippen MR) is 146 cm³/mol. The molecule has 1 heterocycles. The minimum atomic E-state index is -0.647. The molecule has 0 aliphatic carbocycles. The van der Waals surface area contributed by atoms with Crippen LogP contribution in [0.1, 0.15) is 16.1 Å². The first-order valence-corrected chi connectivity index (χ1v) is 12.1. The van der Waals surface area contributed by atoms with Gasteiger partial charge in [0.25, 0.3) is 0 Å². The van der Waals surface area contributed by atoms with Gasteiger partial charge >= 0.3 is 0 Å². The summed E-state index contributed by atoms with van der Waals surface area (Å²) >= 11 is 0. The number of nitrogens with zero attached hydrogens (tertiary/aromatic N) is 1. The van der Waals surface area contributed by atoms with Crippen molar-refractivity contribution in [2.45, 2.75) is 6.54 Å². The maximum absolute atomic E-state index is 14.6. The third kappa shape index (κ3) is 4.13. The zero-order chi connectivity index (χ0) is 25.4. The standard InChI is InChI=1S/C33H22FNO2/c34-30-12-6-5-11-28(30)19-35-20-29(26-15-13-22-7-1-3-9-24(22)17-26)32(33(35)31(37)21-36)27-16-14-23-8-2-4-10-25(23)18-27/h1-18,20-21H,19H2. The number of benzene rings is 5. The molecular formula is C33H22FNO2. The third-order valence-corrected chi connectivity index (χ3v) is 6.82. The largest absolute Gasteiger partial charge is 0.339 e. The van der Waals surface area contributed by atoms with E-state index in [0.29, 0.717) is 17.4 Å². The van der Waals surface area contributed by atoms with Gasteiger partial charge in [0.2, 0.25) is 5.78 Å². The van der Waals surface area contributed by atoms with Crippen molar-refractivity contribution < 1.29 is 14.0 Å². The van der Waals surface area contributed by atoms with Gasteiger partial charge in [-0.15, -0.1) is 0 Å². The van der Waals surface area contributed by atoms with Crippen LogP contribution in [0.5, 0.6) is 0 Å². The molecule has 6 rings (SSSR count). The molecule has 37 heavy (non-hydrogen) atoms. The Balaban J connectivity index is 1.64. The number of rotatable bonds is 6. The van der Waals surface area contributed by atoms with E-state index in [9.17, 15) is 14.0 Å². The summed E-state index contributed by atoms with van der Waals surface area (Å²) in [5.74, 6) is -1.01. The molecule has 0 fully saturated rings. The second kappa shape index (κ2) is 9.32. The molecule has 178 valence electrons. The van der Waals surface area contributed by atoms with E-state index in [1.54, 1.807) is 22.8 Å². The Morgan fingerprint density at radius 2 is 1.27 bits per heavy atom. The summed E-state index contributed by atoms with van der Waals surface area (Å²) in [5, 5.41) is 4.27. The lowest BCUT2D eigenvalue weighted by molar-refractivity contribution is -0.104. The van der Waals surface area contributed by atoms with Crippen LogP contribution >= 0.6 is 0 Å². The molecule has 0 atom stereocenters. The van der Waals surface area contributed by atoms with E-state index in [1.165, 1.54) is 6.07 Å². The van der Waals surface area contributed by atoms with Gasteiger partial charge in [-0.05, 0) is 50.9 Å². The van der Waals surface area contributed by atoms with Crippen LogP contribution in [0.3, 0.4) is 0 Å². The molecule has 0 aliphatic heterocycles. The molecule has 1 aromatic heterocycles. The number of halogens is 1. The summed E-state index contributed by atoms with van der Waals surface area (Å²) in [6.45, 7) is 0.121. The molecule has 0 spiro atoms. The average molecular weight is 484 g/mol. The van der Waals surface area contributed by atoms with Gasteiger partial charge in [-0.25, -0.2) is 4.39 Å². The second-order valence-electron chi connectivity index (χ2n) is 9.09. The Hall–Kier alpha value is -4.83. The number of ketones is 1. The zero-order valence-electron chi connectivity index (χ0n) is 19.9. The summed E-state index contributed by atoms with van der Waals surface area (Å²) in [5.41, 5.74) is 3.88. The minimum absolute atomic E-state index is 0.121. The first-order valence-electron chi connectivity index (χ1n) is 12.1. The molecule has 0 saturated carbocycles. The quantitative estimate of drug-likeness (QED) is 0.138. The van der Waals surface area contributed by atoms with Crippen molar-refractivity contribution in [1.82, 2.24) is 4.57 Å². The van der Waals surface area contributed by atoms with Crippen LogP contribution < -0.4 is 0 Å². The molecule has 5 aromatic carbocycles. The molecule has 0 aliphatic rings. The second-order valence-corrected chi connectivity index (χ2v) is 9.09. The summed E-state index contributed by atoms with van der Waals surface area (Å²) in [4.78, 5) is 25.0. The number of Topliss-reactive ketones (excluding diaryl/α,β-unsaturated/α-hetero) is 1. The van der Waals surface area contributed by atoms with Crippen molar-refractivity contribution in [2.24, 2.45) is 0 Å². The summed E-state index contributed by atoms with van der Waals surface area (Å²) in [7, 11) is 0. The Kier molecular flexibility index (Phi) is 5.70. The molecule has 0 unspecified atom stereocenters. The van der Waals surface area contributed by atoms with Crippen LogP contribution in [-0.4, -0.2) is 16.6 Å². The van der Waals surface area contributed by atoms with E-state index in [0.717, 1.165) is 38.2 Å². The normalized spacial score (nSPS) is 11.2. The number of hydrogen-bond donors (Lipinski definition) is 0. The fourth-order valence-corrected chi connectivity index (χ4v) is 5.02. The van der Waals surface area contributed by atoms with E-state index in [4.69, 9.17) is 0 Å². The third-order valence-electron chi connectivity index (χ3n) is 6.82. The van der Waals surface area contributed by atoms with Gasteiger partial charge in [-0.3, -0.25) is 9.59 Å². The molecular weight excluding hydrogens is 461 g/mol. The Morgan fingerprint density at radius 3 is 1.92 bits per heavy atom. The fourth-order valence-electron chi connectivity index (χ4n) is 5.02. The number of aldehydes is 1. The van der Waals surface area contributed by atoms with Crippen LogP contribution in [-0.2, 0) is 11.3 Å². The number of fused-ring (bicyclic) bond motifs is 2. The van der Waals surface area contributed by atoms with Gasteiger partial charge in [-0.1, -0.05) is 91.0 Å². The first-order chi connectivity index (χ1) is 18.1. The maximum Gasteiger partial charge on any atom is 0.242 e. The van der Waals surface area contributed by atoms with Crippen LogP contribution in [0.25, 0.3) is 43.8 Å². The average Bonchev–Trinajstić information content (AvgIpc) is 3.32. The monoisotopic (exact) mass is 483 g/mol. The van der Waals surface area contributed by atoms with Gasteiger partial charge in [0.05, 0.1) is 6.54 Å². The molecule has 0 saturated heterocycles. The number of carbonyl (C=O) groups excluding carboxylic acids is 2. The van der Waals surface area contributed by atoms with E-state index >= 15 is 0 Å². The van der Waals surface area contributed by atoms with Crippen molar-refractivity contribution in [2.75, 3.05) is 0 Å². The molecule has 3 nitrogen and oxygen atoms in total. The lowest BCUT2D eigenvalue weighted by atomic mass is 9.93. The van der Waals surface area contributed by atoms with Crippen LogP contribution in [0, 0.1) is 5.82 Å². The van der Waals surface area contributed by atoms with Crippen molar-refractivity contribution in [3.05, 3.63) is 132 Å². The van der Waals surface area contributed by atoms with E-state index in [2.05, 4.69) is 6.07 Å². The summed E-state index contributed by atoms with van der Waals surface area (Å²) in [6.07, 6.45) is 2.19. The van der Waals surface area contributed by atoms with Crippen LogP contribution in [0.4, 0.5) is 4.39 Å². The number of carbonyl (C=O) groups is 2. The molecule has 0 bridgehead atoms. The molecule has 4 heteroatoms. The lowest BCUT2D eigenvalue weighted by Crippen LogP contribution is -2.12. The van der Waals surface area contributed by atoms with Gasteiger partial charge in [0.15, 0.2) is 6.29 Å². The summed E-state index contributed by atoms with van der Waals surface area (Å²) < 4.78 is 16.3. The van der Waals surface area contributed by atoms with Crippen molar-refractivity contribution in [1.29, 1.82) is 0 Å². The Labute approximate surface area is 213 Å². The summed E-state index contributed by atoms with van der Waals surface area (Å²) in [6, 6.07) is 34.7. The Morgan fingerprint density at radius 1 is 0.703 bits per heavy atom. The highest BCUT2D eigenvalue weighted by atomic mass is 19.1. The fraction of sp³-hybridized carbons (Fsp3) is 0.0303.